The predicted octanol–water partition coefficient (Wildman–Crippen LogP) is 3.62. The summed E-state index contributed by atoms with van der Waals surface area (Å²) in [5.74, 6) is 0.366. The number of thiazole rings is 1. The third-order valence-electron chi connectivity index (χ3n) is 4.14. The van der Waals surface area contributed by atoms with Crippen molar-refractivity contribution in [3.8, 4) is 15.6 Å². The molecule has 2 amide bonds. The third kappa shape index (κ3) is 4.01. The molecule has 1 unspecified atom stereocenters. The fraction of sp³-hybridized carbons (Fsp3) is 0.211. The summed E-state index contributed by atoms with van der Waals surface area (Å²) in [5.41, 5.74) is 2.29. The number of hydrogen-bond donors (Lipinski definition) is 2. The molecule has 1 atom stereocenters. The molecule has 0 saturated heterocycles. The van der Waals surface area contributed by atoms with Crippen molar-refractivity contribution >= 4 is 40.2 Å². The first-order chi connectivity index (χ1) is 13.1. The lowest BCUT2D eigenvalue weighted by Gasteiger charge is -2.21. The van der Waals surface area contributed by atoms with Gasteiger partial charge in [-0.3, -0.25) is 9.59 Å². The molecular formula is C19H17N3O3S2. The largest absolute Gasteiger partial charge is 0.482 e. The Labute approximate surface area is 164 Å². The highest BCUT2D eigenvalue weighted by molar-refractivity contribution is 7.20. The molecule has 0 saturated carbocycles. The Morgan fingerprint density at radius 3 is 3.07 bits per heavy atom. The minimum absolute atomic E-state index is 0.0275. The Morgan fingerprint density at radius 1 is 1.37 bits per heavy atom. The van der Waals surface area contributed by atoms with E-state index in [1.165, 1.54) is 0 Å². The van der Waals surface area contributed by atoms with Gasteiger partial charge in [0.2, 0.25) is 5.91 Å². The minimum atomic E-state index is -0.197. The molecule has 2 N–H and O–H groups in total. The van der Waals surface area contributed by atoms with Crippen molar-refractivity contribution in [3.05, 3.63) is 52.3 Å². The number of benzene rings is 1. The van der Waals surface area contributed by atoms with Gasteiger partial charge in [-0.05, 0) is 36.1 Å². The predicted molar refractivity (Wildman–Crippen MR) is 106 cm³/mol. The minimum Gasteiger partial charge on any atom is -0.482 e. The summed E-state index contributed by atoms with van der Waals surface area (Å²) in [6.45, 7) is 1.93. The standard InChI is InChI=1S/C19H17N3O3S2/c1-11(12-4-5-15-14(7-12)22-18(24)9-25-15)20-17(23)8-13-10-27-19(21-13)16-3-2-6-26-16/h2-7,10-11H,8-9H2,1H3,(H,20,23)(H,22,24). The topological polar surface area (TPSA) is 80.3 Å². The smallest absolute Gasteiger partial charge is 0.262 e. The van der Waals surface area contributed by atoms with Gasteiger partial charge in [-0.25, -0.2) is 4.98 Å². The van der Waals surface area contributed by atoms with E-state index in [1.807, 2.05) is 41.9 Å². The molecule has 0 aliphatic carbocycles. The van der Waals surface area contributed by atoms with Crippen LogP contribution in [0.4, 0.5) is 5.69 Å². The molecule has 0 bridgehead atoms. The van der Waals surface area contributed by atoms with Gasteiger partial charge in [0.15, 0.2) is 6.61 Å². The highest BCUT2D eigenvalue weighted by Gasteiger charge is 2.18. The molecule has 4 rings (SSSR count). The molecular weight excluding hydrogens is 382 g/mol. The summed E-state index contributed by atoms with van der Waals surface area (Å²) in [6.07, 6.45) is 0.233. The van der Waals surface area contributed by atoms with Gasteiger partial charge < -0.3 is 15.4 Å². The van der Waals surface area contributed by atoms with Crippen LogP contribution in [-0.2, 0) is 16.0 Å². The molecule has 1 aliphatic rings. The highest BCUT2D eigenvalue weighted by atomic mass is 32.1. The molecule has 8 heteroatoms. The zero-order valence-electron chi connectivity index (χ0n) is 14.5. The van der Waals surface area contributed by atoms with E-state index < -0.39 is 0 Å². The molecule has 138 valence electrons. The first-order valence-electron chi connectivity index (χ1n) is 8.43. The molecule has 3 aromatic rings. The fourth-order valence-corrected chi connectivity index (χ4v) is 4.45. The van der Waals surface area contributed by atoms with Gasteiger partial charge in [0.25, 0.3) is 5.91 Å². The Bertz CT molecular complexity index is 982. The summed E-state index contributed by atoms with van der Waals surface area (Å²) in [6, 6.07) is 9.33. The number of anilines is 1. The lowest BCUT2D eigenvalue weighted by molar-refractivity contribution is -0.121. The van der Waals surface area contributed by atoms with Gasteiger partial charge >= 0.3 is 0 Å². The highest BCUT2D eigenvalue weighted by Crippen LogP contribution is 2.31. The van der Waals surface area contributed by atoms with Gasteiger partial charge in [-0.2, -0.15) is 0 Å². The summed E-state index contributed by atoms with van der Waals surface area (Å²) in [7, 11) is 0. The van der Waals surface area contributed by atoms with Crippen LogP contribution in [0.15, 0.2) is 41.1 Å². The first-order valence-corrected chi connectivity index (χ1v) is 10.2. The summed E-state index contributed by atoms with van der Waals surface area (Å²) >= 11 is 3.18. The Kier molecular flexibility index (Phi) is 4.91. The van der Waals surface area contributed by atoms with Crippen LogP contribution >= 0.6 is 22.7 Å². The molecule has 0 spiro atoms. The van der Waals surface area contributed by atoms with Crippen LogP contribution in [0.3, 0.4) is 0 Å². The van der Waals surface area contributed by atoms with Crippen LogP contribution in [0.5, 0.6) is 5.75 Å². The number of carbonyl (C=O) groups is 2. The zero-order valence-corrected chi connectivity index (χ0v) is 16.2. The lowest BCUT2D eigenvalue weighted by Crippen LogP contribution is -2.29. The number of nitrogens with one attached hydrogen (secondary N) is 2. The van der Waals surface area contributed by atoms with Crippen molar-refractivity contribution in [1.82, 2.24) is 10.3 Å². The van der Waals surface area contributed by atoms with Crippen LogP contribution in [0, 0.1) is 0 Å². The second-order valence-corrected chi connectivity index (χ2v) is 7.99. The van der Waals surface area contributed by atoms with Gasteiger partial charge in [0.05, 0.1) is 28.7 Å². The molecule has 6 nitrogen and oxygen atoms in total. The fourth-order valence-electron chi connectivity index (χ4n) is 2.81. The number of rotatable bonds is 5. The van der Waals surface area contributed by atoms with E-state index >= 15 is 0 Å². The van der Waals surface area contributed by atoms with Gasteiger partial charge in [0, 0.05) is 5.38 Å². The van der Waals surface area contributed by atoms with Crippen molar-refractivity contribution < 1.29 is 14.3 Å². The molecule has 0 fully saturated rings. The number of aromatic nitrogens is 1. The van der Waals surface area contributed by atoms with E-state index in [9.17, 15) is 9.59 Å². The van der Waals surface area contributed by atoms with Crippen molar-refractivity contribution in [3.63, 3.8) is 0 Å². The number of carbonyl (C=O) groups excluding carboxylic acids is 2. The summed E-state index contributed by atoms with van der Waals surface area (Å²) < 4.78 is 5.36. The van der Waals surface area contributed by atoms with Crippen LogP contribution < -0.4 is 15.4 Å². The van der Waals surface area contributed by atoms with Crippen LogP contribution in [0.25, 0.3) is 9.88 Å². The van der Waals surface area contributed by atoms with E-state index in [-0.39, 0.29) is 30.9 Å². The number of fused-ring (bicyclic) bond motifs is 1. The molecule has 0 radical (unpaired) electrons. The number of ether oxygens (including phenoxy) is 1. The van der Waals surface area contributed by atoms with Crippen molar-refractivity contribution in [2.75, 3.05) is 11.9 Å². The van der Waals surface area contributed by atoms with E-state index in [4.69, 9.17) is 4.74 Å². The van der Waals surface area contributed by atoms with Gasteiger partial charge in [0.1, 0.15) is 10.8 Å². The number of thiophene rings is 1. The Balaban J connectivity index is 1.39. The van der Waals surface area contributed by atoms with Crippen molar-refractivity contribution in [2.45, 2.75) is 19.4 Å². The van der Waals surface area contributed by atoms with E-state index in [2.05, 4.69) is 15.6 Å². The second kappa shape index (κ2) is 7.50. The number of amides is 2. The first kappa shape index (κ1) is 17.7. The molecule has 2 aromatic heterocycles. The Hall–Kier alpha value is -2.71. The molecule has 27 heavy (non-hydrogen) atoms. The van der Waals surface area contributed by atoms with Crippen molar-refractivity contribution in [2.24, 2.45) is 0 Å². The van der Waals surface area contributed by atoms with Crippen LogP contribution in [0.1, 0.15) is 24.2 Å². The zero-order chi connectivity index (χ0) is 18.8. The van der Waals surface area contributed by atoms with E-state index in [0.717, 1.165) is 21.1 Å². The van der Waals surface area contributed by atoms with Crippen molar-refractivity contribution in [1.29, 1.82) is 0 Å². The molecule has 3 heterocycles. The average molecular weight is 399 g/mol. The molecule has 1 aromatic carbocycles. The lowest BCUT2D eigenvalue weighted by atomic mass is 10.1. The Morgan fingerprint density at radius 2 is 2.26 bits per heavy atom. The monoisotopic (exact) mass is 399 g/mol. The maximum Gasteiger partial charge on any atom is 0.262 e. The summed E-state index contributed by atoms with van der Waals surface area (Å²) in [4.78, 5) is 29.5. The number of nitrogens with zero attached hydrogens (tertiary/aromatic N) is 1. The second-order valence-electron chi connectivity index (χ2n) is 6.18. The van der Waals surface area contributed by atoms with E-state index in [1.54, 1.807) is 28.7 Å². The third-order valence-corrected chi connectivity index (χ3v) is 6.07. The average Bonchev–Trinajstić information content (AvgIpc) is 3.32. The maximum absolute atomic E-state index is 12.4. The van der Waals surface area contributed by atoms with E-state index in [0.29, 0.717) is 11.4 Å². The van der Waals surface area contributed by atoms with Crippen LogP contribution in [0.2, 0.25) is 0 Å². The molecule has 1 aliphatic heterocycles. The number of hydrogen-bond acceptors (Lipinski definition) is 6. The quantitative estimate of drug-likeness (QED) is 0.687. The van der Waals surface area contributed by atoms with Gasteiger partial charge in [-0.1, -0.05) is 12.1 Å². The normalized spacial score (nSPS) is 14.0. The maximum atomic E-state index is 12.4. The summed E-state index contributed by atoms with van der Waals surface area (Å²) in [5, 5.41) is 10.6. The SMILES string of the molecule is CC(NC(=O)Cc1csc(-c2cccs2)n1)c1ccc2c(c1)NC(=O)CO2. The van der Waals surface area contributed by atoms with Crippen LogP contribution in [-0.4, -0.2) is 23.4 Å². The van der Waals surface area contributed by atoms with Gasteiger partial charge in [-0.15, -0.1) is 22.7 Å².